The molecule has 11 N–H and O–H groups in total. The van der Waals surface area contributed by atoms with Gasteiger partial charge in [-0.05, 0) is 44.9 Å². The van der Waals surface area contributed by atoms with Crippen molar-refractivity contribution >= 4 is 25.7 Å². The fourth-order valence-corrected chi connectivity index (χ4v) is 13.2. The van der Waals surface area contributed by atoms with Crippen LogP contribution in [0.2, 0.25) is 0 Å². The average Bonchev–Trinajstić information content (AvgIpc) is 0.764. The van der Waals surface area contributed by atoms with Gasteiger partial charge in [0.2, 0.25) is 0 Å². The van der Waals surface area contributed by atoms with Crippen LogP contribution in [0, 0.1) is 0 Å². The summed E-state index contributed by atoms with van der Waals surface area (Å²) in [6.07, 6.45) is 10.1. The number of hydrogen-bond acceptors (Lipinski definition) is 23. The molecule has 0 aromatic heterocycles. The SMILES string of the molecule is CCCCCCCCC/C=C\CCCCCC(=O)OC(COC(=O)CCCCCCCCCCCCCC)COP(=O)(O)OC1C(OC2OC(CO)C(O)C(O)C2O)C(O)C(O)C(O)C1OC1OC(COC(=O)CCCCCCCCCCCCCCCC)C(O)C(O)C1O. The molecule has 0 aromatic carbocycles. The first-order valence-electron chi connectivity index (χ1n) is 37.0. The molecule has 18 unspecified atom stereocenters. The molecule has 0 aromatic rings. The van der Waals surface area contributed by atoms with Crippen LogP contribution in [0.3, 0.4) is 0 Å². The first-order valence-corrected chi connectivity index (χ1v) is 38.5. The molecule has 0 spiro atoms. The Morgan fingerprint density at radius 3 is 1.15 bits per heavy atom. The van der Waals surface area contributed by atoms with Gasteiger partial charge >= 0.3 is 25.7 Å². The number of phosphoric ester groups is 1. The Balaban J connectivity index is 1.75. The third kappa shape index (κ3) is 36.2. The summed E-state index contributed by atoms with van der Waals surface area (Å²) in [4.78, 5) is 50.9. The number of aliphatic hydroxyl groups is 10. The van der Waals surface area contributed by atoms with Gasteiger partial charge < -0.3 is 89.1 Å². The Morgan fingerprint density at radius 2 is 0.737 bits per heavy atom. The van der Waals surface area contributed by atoms with E-state index in [0.29, 0.717) is 25.7 Å². The number of esters is 3. The summed E-state index contributed by atoms with van der Waals surface area (Å²) >= 11 is 0. The van der Waals surface area contributed by atoms with Crippen LogP contribution in [0.1, 0.15) is 284 Å². The molecule has 0 amide bonds. The number of allylic oxidation sites excluding steroid dienone is 2. The number of aliphatic hydroxyl groups excluding tert-OH is 10. The smallest absolute Gasteiger partial charge is 0.463 e. The van der Waals surface area contributed by atoms with Gasteiger partial charge in [-0.2, -0.15) is 0 Å². The molecule has 1 aliphatic carbocycles. The van der Waals surface area contributed by atoms with E-state index in [9.17, 15) is 74.9 Å². The minimum atomic E-state index is -5.69. The zero-order valence-corrected chi connectivity index (χ0v) is 58.9. The molecule has 2 aliphatic heterocycles. The van der Waals surface area contributed by atoms with Gasteiger partial charge in [-0.15, -0.1) is 0 Å². The summed E-state index contributed by atoms with van der Waals surface area (Å²) in [5.74, 6) is -2.00. The van der Waals surface area contributed by atoms with Gasteiger partial charge in [0.05, 0.1) is 13.2 Å². The van der Waals surface area contributed by atoms with Gasteiger partial charge in [-0.1, -0.05) is 232 Å². The lowest BCUT2D eigenvalue weighted by Gasteiger charge is -2.49. The normalized spacial score (nSPS) is 28.1. The van der Waals surface area contributed by atoms with E-state index in [1.807, 2.05) is 0 Å². The molecule has 0 radical (unpaired) electrons. The molecular formula is C70H129O24P. The van der Waals surface area contributed by atoms with E-state index in [0.717, 1.165) is 89.9 Å². The van der Waals surface area contributed by atoms with Gasteiger partial charge in [-0.3, -0.25) is 23.4 Å². The fraction of sp³-hybridized carbons (Fsp3) is 0.929. The molecule has 25 heteroatoms. The van der Waals surface area contributed by atoms with E-state index in [-0.39, 0.29) is 19.3 Å². The highest BCUT2D eigenvalue weighted by Crippen LogP contribution is 2.49. The maximum Gasteiger partial charge on any atom is 0.472 e. The van der Waals surface area contributed by atoms with Crippen LogP contribution < -0.4 is 0 Å². The van der Waals surface area contributed by atoms with Gasteiger partial charge in [0.25, 0.3) is 0 Å². The Morgan fingerprint density at radius 1 is 0.400 bits per heavy atom. The summed E-state index contributed by atoms with van der Waals surface area (Å²) in [7, 11) is -5.69. The molecule has 95 heavy (non-hydrogen) atoms. The lowest BCUT2D eigenvalue weighted by Crippen LogP contribution is -2.69. The summed E-state index contributed by atoms with van der Waals surface area (Å²) < 4.78 is 64.9. The van der Waals surface area contributed by atoms with Gasteiger partial charge in [0, 0.05) is 19.3 Å². The van der Waals surface area contributed by atoms with E-state index >= 15 is 0 Å². The first-order chi connectivity index (χ1) is 45.8. The van der Waals surface area contributed by atoms with Gasteiger partial charge in [-0.25, -0.2) is 4.57 Å². The van der Waals surface area contributed by atoms with Crippen molar-refractivity contribution in [2.24, 2.45) is 0 Å². The number of ether oxygens (including phenoxy) is 7. The molecular weight excluding hydrogens is 1260 g/mol. The highest BCUT2D eigenvalue weighted by atomic mass is 31.2. The van der Waals surface area contributed by atoms with E-state index in [1.165, 1.54) is 128 Å². The topological polar surface area (TPSA) is 374 Å². The van der Waals surface area contributed by atoms with Crippen molar-refractivity contribution in [2.75, 3.05) is 26.4 Å². The Labute approximate surface area is 567 Å². The van der Waals surface area contributed by atoms with Crippen LogP contribution >= 0.6 is 7.82 Å². The molecule has 2 saturated heterocycles. The Bertz CT molecular complexity index is 2020. The molecule has 1 saturated carbocycles. The highest BCUT2D eigenvalue weighted by Gasteiger charge is 2.58. The molecule has 3 fully saturated rings. The minimum absolute atomic E-state index is 0.0319. The van der Waals surface area contributed by atoms with E-state index in [2.05, 4.69) is 32.9 Å². The maximum absolute atomic E-state index is 14.3. The average molecular weight is 1390 g/mol. The van der Waals surface area contributed by atoms with Crippen LogP contribution in [0.15, 0.2) is 12.2 Å². The first kappa shape index (κ1) is 86.9. The second-order valence-electron chi connectivity index (χ2n) is 26.7. The highest BCUT2D eigenvalue weighted by molar-refractivity contribution is 7.47. The van der Waals surface area contributed by atoms with Crippen LogP contribution in [0.25, 0.3) is 0 Å². The maximum atomic E-state index is 14.3. The van der Waals surface area contributed by atoms with Crippen molar-refractivity contribution in [1.29, 1.82) is 0 Å². The van der Waals surface area contributed by atoms with Crippen LogP contribution in [-0.4, -0.2) is 204 Å². The van der Waals surface area contributed by atoms with E-state index in [4.69, 9.17) is 42.2 Å². The number of phosphoric acid groups is 1. The lowest BCUT2D eigenvalue weighted by atomic mass is 9.84. The van der Waals surface area contributed by atoms with Crippen molar-refractivity contribution in [2.45, 2.75) is 388 Å². The van der Waals surface area contributed by atoms with E-state index in [1.54, 1.807) is 0 Å². The molecule has 18 atom stereocenters. The molecule has 24 nitrogen and oxygen atoms in total. The predicted octanol–water partition coefficient (Wildman–Crippen LogP) is 9.57. The Kier molecular flexibility index (Phi) is 48.2. The van der Waals surface area contributed by atoms with Crippen LogP contribution in [0.4, 0.5) is 0 Å². The lowest BCUT2D eigenvalue weighted by molar-refractivity contribution is -0.360. The van der Waals surface area contributed by atoms with Crippen molar-refractivity contribution in [1.82, 2.24) is 0 Å². The number of unbranched alkanes of at least 4 members (excludes halogenated alkanes) is 34. The summed E-state index contributed by atoms with van der Waals surface area (Å²) in [5, 5.41) is 110. The molecule has 3 rings (SSSR count). The second kappa shape index (κ2) is 52.6. The standard InChI is InChI=1S/C70H129O24P/c1-4-7-10-13-16-19-22-25-27-30-33-36-39-42-45-55(73)87-50-53-58(76)60(78)65(83)70(91-53)93-67-63(81)61(79)62(80)66(92-69-64(82)59(77)57(75)52(47-71)90-69)68(67)94-95(84,85)88-49-51(48-86-54(72)44-41-38-35-32-29-24-21-18-15-12-9-6-3)89-56(74)46-43-40-37-34-31-28-26-23-20-17-14-11-8-5-2/h28,31,51-53,57-71,75-83H,4-27,29-30,32-50H2,1-3H3,(H,84,85)/b31-28-. The largest absolute Gasteiger partial charge is 0.472 e. The van der Waals surface area contributed by atoms with Crippen molar-refractivity contribution in [3.63, 3.8) is 0 Å². The van der Waals surface area contributed by atoms with Crippen molar-refractivity contribution < 1.29 is 117 Å². The third-order valence-electron chi connectivity index (χ3n) is 18.3. The zero-order chi connectivity index (χ0) is 69.6. The monoisotopic (exact) mass is 1380 g/mol. The number of carbonyl (C=O) groups excluding carboxylic acids is 3. The summed E-state index contributed by atoms with van der Waals surface area (Å²) in [5.41, 5.74) is 0. The Hall–Kier alpha value is -2.30. The third-order valence-corrected chi connectivity index (χ3v) is 19.3. The fourth-order valence-electron chi connectivity index (χ4n) is 12.2. The minimum Gasteiger partial charge on any atom is -0.463 e. The number of carbonyl (C=O) groups is 3. The van der Waals surface area contributed by atoms with E-state index < -0.39 is 156 Å². The summed E-state index contributed by atoms with van der Waals surface area (Å²) in [6, 6.07) is 0. The van der Waals surface area contributed by atoms with Crippen molar-refractivity contribution in [3.8, 4) is 0 Å². The molecule has 2 heterocycles. The molecule has 3 aliphatic rings. The van der Waals surface area contributed by atoms with Crippen molar-refractivity contribution in [3.05, 3.63) is 12.2 Å². The number of hydrogen-bond donors (Lipinski definition) is 11. The zero-order valence-electron chi connectivity index (χ0n) is 58.0. The van der Waals surface area contributed by atoms with Gasteiger partial charge in [0.1, 0.15) is 98.7 Å². The number of rotatable bonds is 57. The van der Waals surface area contributed by atoms with Crippen LogP contribution in [0.5, 0.6) is 0 Å². The summed E-state index contributed by atoms with van der Waals surface area (Å²) in [6.45, 7) is 3.42. The second-order valence-corrected chi connectivity index (χ2v) is 28.1. The predicted molar refractivity (Wildman–Crippen MR) is 356 cm³/mol. The quantitative estimate of drug-likeness (QED) is 0.00887. The molecule has 0 bridgehead atoms. The van der Waals surface area contributed by atoms with Crippen LogP contribution in [-0.2, 0) is 61.2 Å². The molecule has 558 valence electrons. The van der Waals surface area contributed by atoms with Gasteiger partial charge in [0.15, 0.2) is 18.7 Å².